The molecule has 2 nitrogen and oxygen atoms in total. The lowest BCUT2D eigenvalue weighted by atomic mass is 10.1. The topological polar surface area (TPSA) is 20.3 Å². The molecule has 1 fully saturated rings. The summed E-state index contributed by atoms with van der Waals surface area (Å²) in [4.78, 5) is 13.5. The molecule has 0 saturated carbocycles. The van der Waals surface area contributed by atoms with Gasteiger partial charge in [-0.2, -0.15) is 0 Å². The van der Waals surface area contributed by atoms with E-state index in [9.17, 15) is 4.79 Å². The number of nitrogens with zero attached hydrogens (tertiary/aromatic N) is 1. The summed E-state index contributed by atoms with van der Waals surface area (Å²) in [6, 6.07) is 9.48. The Bertz CT molecular complexity index is 321. The summed E-state index contributed by atoms with van der Waals surface area (Å²) >= 11 is 6.07. The van der Waals surface area contributed by atoms with Crippen LogP contribution in [0.3, 0.4) is 0 Å². The molecule has 1 unspecified atom stereocenters. The fourth-order valence-electron chi connectivity index (χ4n) is 1.46. The Hall–Kier alpha value is -1.02. The van der Waals surface area contributed by atoms with Crippen molar-refractivity contribution in [1.29, 1.82) is 0 Å². The van der Waals surface area contributed by atoms with E-state index in [1.54, 1.807) is 4.90 Å². The van der Waals surface area contributed by atoms with E-state index in [0.29, 0.717) is 0 Å². The number of rotatable bonds is 2. The smallest absolute Gasteiger partial charge is 0.245 e. The van der Waals surface area contributed by atoms with Gasteiger partial charge in [0, 0.05) is 13.1 Å². The van der Waals surface area contributed by atoms with Gasteiger partial charge in [-0.3, -0.25) is 4.79 Å². The molecule has 3 heteroatoms. The van der Waals surface area contributed by atoms with Crippen molar-refractivity contribution in [3.8, 4) is 0 Å². The first kappa shape index (κ1) is 9.53. The predicted molar refractivity (Wildman–Crippen MR) is 56.2 cm³/mol. The van der Waals surface area contributed by atoms with Crippen molar-refractivity contribution in [2.45, 2.75) is 11.8 Å². The number of alkyl halides is 1. The maximum atomic E-state index is 11.7. The molecular weight excluding hydrogens is 198 g/mol. The summed E-state index contributed by atoms with van der Waals surface area (Å²) in [6.45, 7) is 1.71. The Morgan fingerprint density at radius 3 is 2.43 bits per heavy atom. The minimum absolute atomic E-state index is 0.0316. The van der Waals surface area contributed by atoms with Gasteiger partial charge in [0.25, 0.3) is 0 Å². The van der Waals surface area contributed by atoms with Gasteiger partial charge in [-0.25, -0.2) is 0 Å². The quantitative estimate of drug-likeness (QED) is 0.684. The van der Waals surface area contributed by atoms with Gasteiger partial charge in [0.1, 0.15) is 5.38 Å². The molecule has 2 rings (SSSR count). The Balaban J connectivity index is 2.07. The summed E-state index contributed by atoms with van der Waals surface area (Å²) in [5.41, 5.74) is 0.881. The number of amides is 1. The fraction of sp³-hybridized carbons (Fsp3) is 0.364. The zero-order valence-corrected chi connectivity index (χ0v) is 8.57. The number of halogens is 1. The third-order valence-electron chi connectivity index (χ3n) is 2.48. The van der Waals surface area contributed by atoms with Crippen molar-refractivity contribution >= 4 is 17.5 Å². The SMILES string of the molecule is O=C(C(Cl)c1ccccc1)N1CCC1. The predicted octanol–water partition coefficient (Wildman–Crippen LogP) is 2.20. The van der Waals surface area contributed by atoms with Crippen LogP contribution >= 0.6 is 11.6 Å². The molecule has 1 aromatic carbocycles. The van der Waals surface area contributed by atoms with Crippen LogP contribution in [0.2, 0.25) is 0 Å². The molecule has 0 aliphatic carbocycles. The molecule has 1 aromatic rings. The van der Waals surface area contributed by atoms with E-state index in [1.165, 1.54) is 0 Å². The van der Waals surface area contributed by atoms with Gasteiger partial charge in [-0.1, -0.05) is 30.3 Å². The van der Waals surface area contributed by atoms with E-state index < -0.39 is 5.38 Å². The summed E-state index contributed by atoms with van der Waals surface area (Å²) in [5, 5.41) is -0.517. The second-order valence-electron chi connectivity index (χ2n) is 3.45. The minimum atomic E-state index is -0.517. The molecular formula is C11H12ClNO. The highest BCUT2D eigenvalue weighted by Gasteiger charge is 2.27. The first-order valence-corrected chi connectivity index (χ1v) is 5.20. The van der Waals surface area contributed by atoms with E-state index in [2.05, 4.69) is 0 Å². The lowest BCUT2D eigenvalue weighted by Gasteiger charge is -2.32. The summed E-state index contributed by atoms with van der Waals surface area (Å²) in [5.74, 6) is 0.0316. The van der Waals surface area contributed by atoms with Crippen LogP contribution in [-0.2, 0) is 4.79 Å². The van der Waals surface area contributed by atoms with Crippen LogP contribution in [0.5, 0.6) is 0 Å². The second-order valence-corrected chi connectivity index (χ2v) is 3.89. The zero-order valence-electron chi connectivity index (χ0n) is 7.82. The monoisotopic (exact) mass is 209 g/mol. The Morgan fingerprint density at radius 1 is 1.29 bits per heavy atom. The summed E-state index contributed by atoms with van der Waals surface area (Å²) in [6.07, 6.45) is 1.10. The van der Waals surface area contributed by atoms with Crippen LogP contribution in [0.1, 0.15) is 17.4 Å². The van der Waals surface area contributed by atoms with Crippen LogP contribution in [-0.4, -0.2) is 23.9 Å². The molecule has 1 aliphatic heterocycles. The van der Waals surface area contributed by atoms with Crippen molar-refractivity contribution in [1.82, 2.24) is 4.90 Å². The number of carbonyl (C=O) groups is 1. The van der Waals surface area contributed by atoms with Gasteiger partial charge in [0.05, 0.1) is 0 Å². The van der Waals surface area contributed by atoms with Crippen molar-refractivity contribution in [2.75, 3.05) is 13.1 Å². The maximum absolute atomic E-state index is 11.7. The van der Waals surface area contributed by atoms with E-state index >= 15 is 0 Å². The molecule has 0 bridgehead atoms. The van der Waals surface area contributed by atoms with Crippen LogP contribution in [0.25, 0.3) is 0 Å². The largest absolute Gasteiger partial charge is 0.341 e. The van der Waals surface area contributed by atoms with Crippen LogP contribution in [0, 0.1) is 0 Å². The summed E-state index contributed by atoms with van der Waals surface area (Å²) in [7, 11) is 0. The first-order chi connectivity index (χ1) is 6.79. The molecule has 0 aromatic heterocycles. The second kappa shape index (κ2) is 4.01. The highest BCUT2D eigenvalue weighted by atomic mass is 35.5. The average molecular weight is 210 g/mol. The molecule has 1 amide bonds. The van der Waals surface area contributed by atoms with Crippen molar-refractivity contribution in [2.24, 2.45) is 0 Å². The van der Waals surface area contributed by atoms with Gasteiger partial charge in [-0.05, 0) is 12.0 Å². The molecule has 1 aliphatic rings. The zero-order chi connectivity index (χ0) is 9.97. The van der Waals surface area contributed by atoms with Gasteiger partial charge in [-0.15, -0.1) is 11.6 Å². The van der Waals surface area contributed by atoms with E-state index in [4.69, 9.17) is 11.6 Å². The molecule has 1 heterocycles. The van der Waals surface area contributed by atoms with Gasteiger partial charge in [0.2, 0.25) is 5.91 Å². The van der Waals surface area contributed by atoms with Crippen molar-refractivity contribution in [3.05, 3.63) is 35.9 Å². The third-order valence-corrected chi connectivity index (χ3v) is 2.92. The van der Waals surface area contributed by atoms with Crippen LogP contribution in [0.4, 0.5) is 0 Å². The van der Waals surface area contributed by atoms with E-state index in [0.717, 1.165) is 25.1 Å². The van der Waals surface area contributed by atoms with Gasteiger partial charge < -0.3 is 4.90 Å². The van der Waals surface area contributed by atoms with Gasteiger partial charge in [0.15, 0.2) is 0 Å². The van der Waals surface area contributed by atoms with Gasteiger partial charge >= 0.3 is 0 Å². The van der Waals surface area contributed by atoms with E-state index in [1.807, 2.05) is 30.3 Å². The van der Waals surface area contributed by atoms with Crippen LogP contribution in [0.15, 0.2) is 30.3 Å². The fourth-order valence-corrected chi connectivity index (χ4v) is 1.74. The normalized spacial score (nSPS) is 17.4. The lowest BCUT2D eigenvalue weighted by molar-refractivity contribution is -0.134. The number of benzene rings is 1. The molecule has 1 saturated heterocycles. The van der Waals surface area contributed by atoms with Crippen molar-refractivity contribution < 1.29 is 4.79 Å². The minimum Gasteiger partial charge on any atom is -0.341 e. The van der Waals surface area contributed by atoms with Crippen molar-refractivity contribution in [3.63, 3.8) is 0 Å². The highest BCUT2D eigenvalue weighted by Crippen LogP contribution is 2.24. The van der Waals surface area contributed by atoms with E-state index in [-0.39, 0.29) is 5.91 Å². The molecule has 0 spiro atoms. The number of likely N-dealkylation sites (tertiary alicyclic amines) is 1. The molecule has 0 radical (unpaired) electrons. The number of hydrogen-bond donors (Lipinski definition) is 0. The first-order valence-electron chi connectivity index (χ1n) is 4.77. The molecule has 14 heavy (non-hydrogen) atoms. The molecule has 0 N–H and O–H groups in total. The Labute approximate surface area is 88.5 Å². The Kier molecular flexibility index (Phi) is 2.73. The number of hydrogen-bond acceptors (Lipinski definition) is 1. The molecule has 74 valence electrons. The third kappa shape index (κ3) is 1.75. The maximum Gasteiger partial charge on any atom is 0.245 e. The number of carbonyl (C=O) groups excluding carboxylic acids is 1. The lowest BCUT2D eigenvalue weighted by Crippen LogP contribution is -2.43. The Morgan fingerprint density at radius 2 is 1.93 bits per heavy atom. The van der Waals surface area contributed by atoms with Crippen LogP contribution < -0.4 is 0 Å². The highest BCUT2D eigenvalue weighted by molar-refractivity contribution is 6.30. The summed E-state index contributed by atoms with van der Waals surface area (Å²) < 4.78 is 0. The standard InChI is InChI=1S/C11H12ClNO/c12-10(9-5-2-1-3-6-9)11(14)13-7-4-8-13/h1-3,5-6,10H,4,7-8H2. The molecule has 1 atom stereocenters. The average Bonchev–Trinajstić information content (AvgIpc) is 2.15.